The summed E-state index contributed by atoms with van der Waals surface area (Å²) in [5, 5.41) is 2.95. The van der Waals surface area contributed by atoms with E-state index in [0.29, 0.717) is 10.9 Å². The second-order valence-corrected chi connectivity index (χ2v) is 8.28. The molecule has 21 heavy (non-hydrogen) atoms. The monoisotopic (exact) mass is 305 g/mol. The Labute approximate surface area is 125 Å². The van der Waals surface area contributed by atoms with Crippen molar-refractivity contribution in [2.24, 2.45) is 0 Å². The van der Waals surface area contributed by atoms with Gasteiger partial charge in [-0.15, -0.1) is 0 Å². The second kappa shape index (κ2) is 4.58. The van der Waals surface area contributed by atoms with Crippen molar-refractivity contribution in [3.63, 3.8) is 0 Å². The van der Waals surface area contributed by atoms with Crippen LogP contribution in [0.15, 0.2) is 47.6 Å². The first-order valence-corrected chi connectivity index (χ1v) is 9.07. The molecule has 5 heteroatoms. The summed E-state index contributed by atoms with van der Waals surface area (Å²) in [5.41, 5.74) is -0.623. The predicted molar refractivity (Wildman–Crippen MR) is 79.6 cm³/mol. The Kier molecular flexibility index (Phi) is 2.91. The fourth-order valence-electron chi connectivity index (χ4n) is 4.08. The van der Waals surface area contributed by atoms with Crippen LogP contribution in [0.2, 0.25) is 0 Å². The zero-order chi connectivity index (χ0) is 14.5. The van der Waals surface area contributed by atoms with Crippen molar-refractivity contribution in [2.45, 2.75) is 53.5 Å². The Morgan fingerprint density at radius 2 is 1.95 bits per heavy atom. The molecule has 0 radical (unpaired) electrons. The number of ether oxygens (including phenoxy) is 1. The highest BCUT2D eigenvalue weighted by molar-refractivity contribution is 7.92. The van der Waals surface area contributed by atoms with Gasteiger partial charge in [0, 0.05) is 12.1 Å². The first-order valence-electron chi connectivity index (χ1n) is 7.52. The van der Waals surface area contributed by atoms with Gasteiger partial charge in [0.25, 0.3) is 0 Å². The van der Waals surface area contributed by atoms with Crippen LogP contribution in [-0.2, 0) is 14.6 Å². The average molecular weight is 305 g/mol. The highest BCUT2D eigenvalue weighted by atomic mass is 32.2. The van der Waals surface area contributed by atoms with E-state index in [1.807, 2.05) is 6.07 Å². The molecule has 4 atom stereocenters. The van der Waals surface area contributed by atoms with E-state index in [1.54, 1.807) is 36.6 Å². The Balaban J connectivity index is 1.75. The summed E-state index contributed by atoms with van der Waals surface area (Å²) < 4.78 is 32.0. The normalized spacial score (nSPS) is 37.8. The molecule has 3 aliphatic rings. The van der Waals surface area contributed by atoms with Crippen LogP contribution in [0.5, 0.6) is 0 Å². The van der Waals surface area contributed by atoms with Gasteiger partial charge in [0.1, 0.15) is 10.9 Å². The quantitative estimate of drug-likeness (QED) is 0.908. The largest absolute Gasteiger partial charge is 0.492 e. The third-order valence-electron chi connectivity index (χ3n) is 5.14. The summed E-state index contributed by atoms with van der Waals surface area (Å²) >= 11 is 0. The van der Waals surface area contributed by atoms with Crippen molar-refractivity contribution < 1.29 is 13.2 Å². The summed E-state index contributed by atoms with van der Waals surface area (Å²) in [6.07, 6.45) is 7.22. The minimum atomic E-state index is -3.42. The van der Waals surface area contributed by atoms with Crippen LogP contribution in [0.4, 0.5) is 0 Å². The molecule has 2 fully saturated rings. The van der Waals surface area contributed by atoms with Crippen LogP contribution in [0.1, 0.15) is 25.7 Å². The second-order valence-electron chi connectivity index (χ2n) is 6.21. The molecule has 0 aromatic heterocycles. The summed E-state index contributed by atoms with van der Waals surface area (Å²) in [4.78, 5) is 0.379. The molecular formula is C16H19NO3S. The predicted octanol–water partition coefficient (Wildman–Crippen LogP) is 2.03. The Hall–Kier alpha value is -1.33. The summed E-state index contributed by atoms with van der Waals surface area (Å²) in [5.74, 6) is 0. The SMILES string of the molecule is O=S(=O)(c1ccccc1)C1C=COC12CCC1CCC2N1. The lowest BCUT2D eigenvalue weighted by Gasteiger charge is -2.42. The Morgan fingerprint density at radius 3 is 2.76 bits per heavy atom. The number of nitrogens with one attached hydrogen (secondary N) is 1. The molecule has 0 aliphatic carbocycles. The first kappa shape index (κ1) is 13.3. The van der Waals surface area contributed by atoms with Gasteiger partial charge in [0.2, 0.25) is 0 Å². The maximum atomic E-state index is 13.0. The van der Waals surface area contributed by atoms with E-state index in [-0.39, 0.29) is 6.04 Å². The molecular weight excluding hydrogens is 286 g/mol. The number of rotatable bonds is 2. The van der Waals surface area contributed by atoms with Gasteiger partial charge < -0.3 is 10.1 Å². The van der Waals surface area contributed by atoms with E-state index in [2.05, 4.69) is 5.32 Å². The highest BCUT2D eigenvalue weighted by Gasteiger charge is 2.58. The number of piperidine rings is 1. The molecule has 1 aromatic carbocycles. The van der Waals surface area contributed by atoms with Gasteiger partial charge >= 0.3 is 0 Å². The van der Waals surface area contributed by atoms with Crippen LogP contribution in [0.3, 0.4) is 0 Å². The van der Waals surface area contributed by atoms with Gasteiger partial charge in [-0.05, 0) is 43.9 Å². The molecule has 4 unspecified atom stereocenters. The smallest absolute Gasteiger partial charge is 0.188 e. The van der Waals surface area contributed by atoms with E-state index in [9.17, 15) is 8.42 Å². The van der Waals surface area contributed by atoms with Crippen molar-refractivity contribution in [1.82, 2.24) is 5.32 Å². The van der Waals surface area contributed by atoms with Gasteiger partial charge in [-0.25, -0.2) is 8.42 Å². The van der Waals surface area contributed by atoms with E-state index in [4.69, 9.17) is 4.74 Å². The first-order chi connectivity index (χ1) is 10.1. The van der Waals surface area contributed by atoms with Gasteiger partial charge in [-0.3, -0.25) is 0 Å². The maximum absolute atomic E-state index is 13.0. The molecule has 2 saturated heterocycles. The lowest BCUT2D eigenvalue weighted by molar-refractivity contribution is -0.00921. The third-order valence-corrected chi connectivity index (χ3v) is 7.30. The molecule has 2 bridgehead atoms. The number of sulfone groups is 1. The molecule has 4 nitrogen and oxygen atoms in total. The standard InChI is InChI=1S/C16H19NO3S/c18-21(19,13-4-2-1-3-5-13)15-9-11-20-16(15)10-8-12-6-7-14(16)17-12/h1-5,9,11-12,14-15,17H,6-8,10H2. The Bertz CT molecular complexity index is 670. The number of hydrogen-bond donors (Lipinski definition) is 1. The van der Waals surface area contributed by atoms with Gasteiger partial charge in [-0.1, -0.05) is 18.2 Å². The maximum Gasteiger partial charge on any atom is 0.188 e. The van der Waals surface area contributed by atoms with E-state index < -0.39 is 20.7 Å². The van der Waals surface area contributed by atoms with Crippen molar-refractivity contribution in [2.75, 3.05) is 0 Å². The van der Waals surface area contributed by atoms with E-state index in [1.165, 1.54) is 0 Å². The molecule has 1 aromatic rings. The lowest BCUT2D eigenvalue weighted by atomic mass is 9.84. The van der Waals surface area contributed by atoms with Crippen LogP contribution in [0, 0.1) is 0 Å². The van der Waals surface area contributed by atoms with E-state index >= 15 is 0 Å². The average Bonchev–Trinajstić information content (AvgIpc) is 3.09. The fraction of sp³-hybridized carbons (Fsp3) is 0.500. The lowest BCUT2D eigenvalue weighted by Crippen LogP contribution is -2.60. The number of hydrogen-bond acceptors (Lipinski definition) is 4. The molecule has 1 N–H and O–H groups in total. The summed E-state index contributed by atoms with van der Waals surface area (Å²) in [6, 6.07) is 9.37. The highest BCUT2D eigenvalue weighted by Crippen LogP contribution is 2.45. The van der Waals surface area contributed by atoms with Gasteiger partial charge in [0.05, 0.1) is 11.2 Å². The third kappa shape index (κ3) is 1.87. The molecule has 0 amide bonds. The summed E-state index contributed by atoms with van der Waals surface area (Å²) in [7, 11) is -3.42. The van der Waals surface area contributed by atoms with Crippen LogP contribution in [-0.4, -0.2) is 31.4 Å². The molecule has 3 heterocycles. The van der Waals surface area contributed by atoms with Gasteiger partial charge in [0.15, 0.2) is 9.84 Å². The molecule has 4 rings (SSSR count). The van der Waals surface area contributed by atoms with Crippen molar-refractivity contribution in [3.8, 4) is 0 Å². The zero-order valence-corrected chi connectivity index (χ0v) is 12.6. The minimum Gasteiger partial charge on any atom is -0.492 e. The van der Waals surface area contributed by atoms with Crippen LogP contribution < -0.4 is 5.32 Å². The topological polar surface area (TPSA) is 55.4 Å². The van der Waals surface area contributed by atoms with E-state index in [0.717, 1.165) is 25.7 Å². The van der Waals surface area contributed by atoms with Crippen molar-refractivity contribution in [1.29, 1.82) is 0 Å². The van der Waals surface area contributed by atoms with Crippen LogP contribution >= 0.6 is 0 Å². The molecule has 3 aliphatic heterocycles. The molecule has 1 spiro atoms. The number of fused-ring (bicyclic) bond motifs is 3. The molecule has 112 valence electrons. The zero-order valence-electron chi connectivity index (χ0n) is 11.7. The minimum absolute atomic E-state index is 0.134. The molecule has 0 saturated carbocycles. The number of benzene rings is 1. The van der Waals surface area contributed by atoms with Crippen molar-refractivity contribution >= 4 is 9.84 Å². The van der Waals surface area contributed by atoms with Crippen molar-refractivity contribution in [3.05, 3.63) is 42.7 Å². The Morgan fingerprint density at radius 1 is 1.14 bits per heavy atom. The van der Waals surface area contributed by atoms with Crippen LogP contribution in [0.25, 0.3) is 0 Å². The summed E-state index contributed by atoms with van der Waals surface area (Å²) in [6.45, 7) is 0. The van der Waals surface area contributed by atoms with Gasteiger partial charge in [-0.2, -0.15) is 0 Å². The fourth-order valence-corrected chi connectivity index (χ4v) is 6.04.